The molecule has 4 atom stereocenters. The molecular weight excluding hydrogens is 490 g/mol. The first-order valence-electron chi connectivity index (χ1n) is 11.6. The number of aliphatic carboxylic acids is 2. The van der Waals surface area contributed by atoms with Crippen LogP contribution in [-0.4, -0.2) is 98.0 Å². The van der Waals surface area contributed by atoms with Crippen LogP contribution in [0.15, 0.2) is 17.5 Å². The number of aromatic amines is 1. The molecule has 1 aliphatic rings. The largest absolute Gasteiger partial charge is 0.481 e. The van der Waals surface area contributed by atoms with Crippen LogP contribution in [0.25, 0.3) is 0 Å². The average molecular weight is 524 g/mol. The van der Waals surface area contributed by atoms with Crippen LogP contribution in [0.5, 0.6) is 0 Å². The van der Waals surface area contributed by atoms with Crippen molar-refractivity contribution in [3.8, 4) is 0 Å². The summed E-state index contributed by atoms with van der Waals surface area (Å²) in [6.07, 6.45) is 3.24. The second-order valence-corrected chi connectivity index (χ2v) is 8.58. The summed E-state index contributed by atoms with van der Waals surface area (Å²) in [5.41, 5.74) is 16.8. The number of carboxylic acid groups (broad SMARTS) is 2. The van der Waals surface area contributed by atoms with Gasteiger partial charge in [-0.1, -0.05) is 0 Å². The van der Waals surface area contributed by atoms with Crippen LogP contribution in [-0.2, 0) is 30.4 Å². The molecule has 0 spiro atoms. The summed E-state index contributed by atoms with van der Waals surface area (Å²) in [5.74, 6) is -5.00. The fourth-order valence-corrected chi connectivity index (χ4v) is 3.89. The van der Waals surface area contributed by atoms with Crippen LogP contribution >= 0.6 is 0 Å². The van der Waals surface area contributed by atoms with E-state index in [4.69, 9.17) is 17.2 Å². The quantitative estimate of drug-likeness (QED) is 0.0685. The maximum Gasteiger partial charge on any atom is 0.326 e. The first-order chi connectivity index (χ1) is 17.5. The molecule has 1 aliphatic heterocycles. The third-order valence-electron chi connectivity index (χ3n) is 5.73. The Kier molecular flexibility index (Phi) is 10.8. The number of aliphatic imine (C=N–C) groups is 1. The minimum absolute atomic E-state index is 0.0640. The number of aromatic nitrogens is 2. The van der Waals surface area contributed by atoms with Crippen molar-refractivity contribution in [2.24, 2.45) is 22.2 Å². The molecule has 37 heavy (non-hydrogen) atoms. The molecule has 1 fully saturated rings. The summed E-state index contributed by atoms with van der Waals surface area (Å²) < 4.78 is 0. The van der Waals surface area contributed by atoms with E-state index >= 15 is 0 Å². The predicted molar refractivity (Wildman–Crippen MR) is 129 cm³/mol. The Labute approximate surface area is 212 Å². The van der Waals surface area contributed by atoms with Gasteiger partial charge in [-0.2, -0.15) is 0 Å². The van der Waals surface area contributed by atoms with Gasteiger partial charge in [0.05, 0.1) is 18.8 Å². The van der Waals surface area contributed by atoms with Crippen LogP contribution in [0.2, 0.25) is 0 Å². The Morgan fingerprint density at radius 2 is 1.86 bits per heavy atom. The molecule has 2 heterocycles. The van der Waals surface area contributed by atoms with Crippen LogP contribution < -0.4 is 27.8 Å². The van der Waals surface area contributed by atoms with E-state index in [-0.39, 0.29) is 38.3 Å². The van der Waals surface area contributed by atoms with Crippen LogP contribution in [0.1, 0.15) is 37.8 Å². The second-order valence-electron chi connectivity index (χ2n) is 8.58. The standard InChI is InChI=1S/C21H33N9O7/c22-12(3-1-5-26-21(23)24)17(33)28-13(8-16(31)32)18(34)29-14(7-11-9-25-10-27-11)19(35)30-6-2-4-15(30)20(36)37/h9-10,12-15H,1-8,22H2,(H,25,27)(H,28,33)(H,29,34)(H,31,32)(H,36,37)(H4,23,24,26). The molecule has 11 N–H and O–H groups in total. The third kappa shape index (κ3) is 9.06. The lowest BCUT2D eigenvalue weighted by Gasteiger charge is -2.28. The number of guanidine groups is 1. The molecule has 0 radical (unpaired) electrons. The molecule has 3 amide bonds. The van der Waals surface area contributed by atoms with Crippen molar-refractivity contribution in [2.45, 2.75) is 62.7 Å². The van der Waals surface area contributed by atoms with Crippen molar-refractivity contribution >= 4 is 35.6 Å². The lowest BCUT2D eigenvalue weighted by molar-refractivity contribution is -0.149. The van der Waals surface area contributed by atoms with E-state index in [9.17, 15) is 34.2 Å². The normalized spacial score (nSPS) is 17.3. The molecule has 0 bridgehead atoms. The summed E-state index contributed by atoms with van der Waals surface area (Å²) in [6.45, 7) is 0.419. The number of rotatable bonds is 14. The Bertz CT molecular complexity index is 995. The lowest BCUT2D eigenvalue weighted by atomic mass is 10.1. The SMILES string of the molecule is NC(N)=NCCCC(N)C(=O)NC(CC(=O)O)C(=O)NC(Cc1cnc[nH]1)C(=O)N1CCCC1C(=O)O. The highest BCUT2D eigenvalue weighted by atomic mass is 16.4. The first-order valence-corrected chi connectivity index (χ1v) is 11.6. The molecule has 0 aliphatic carbocycles. The molecule has 1 aromatic rings. The van der Waals surface area contributed by atoms with Gasteiger partial charge in [0.25, 0.3) is 0 Å². The van der Waals surface area contributed by atoms with Crippen molar-refractivity contribution in [1.29, 1.82) is 0 Å². The van der Waals surface area contributed by atoms with E-state index in [1.54, 1.807) is 0 Å². The third-order valence-corrected chi connectivity index (χ3v) is 5.73. The topological polar surface area (TPSA) is 272 Å². The van der Waals surface area contributed by atoms with Crippen LogP contribution in [0.3, 0.4) is 0 Å². The fraction of sp³-hybridized carbons (Fsp3) is 0.571. The van der Waals surface area contributed by atoms with Gasteiger partial charge in [-0.3, -0.25) is 24.2 Å². The Morgan fingerprint density at radius 3 is 2.46 bits per heavy atom. The molecule has 4 unspecified atom stereocenters. The highest BCUT2D eigenvalue weighted by Crippen LogP contribution is 2.19. The van der Waals surface area contributed by atoms with E-state index in [0.29, 0.717) is 18.5 Å². The minimum atomic E-state index is -1.54. The van der Waals surface area contributed by atoms with Gasteiger partial charge >= 0.3 is 11.9 Å². The zero-order valence-electron chi connectivity index (χ0n) is 20.1. The lowest BCUT2D eigenvalue weighted by Crippen LogP contribution is -2.58. The summed E-state index contributed by atoms with van der Waals surface area (Å²) in [6, 6.07) is -4.89. The number of hydrogen-bond donors (Lipinski definition) is 8. The summed E-state index contributed by atoms with van der Waals surface area (Å²) in [5, 5.41) is 23.5. The number of nitrogens with one attached hydrogen (secondary N) is 3. The molecule has 16 heteroatoms. The molecule has 1 saturated heterocycles. The minimum Gasteiger partial charge on any atom is -0.481 e. The predicted octanol–water partition coefficient (Wildman–Crippen LogP) is -3.15. The van der Waals surface area contributed by atoms with Crippen molar-refractivity contribution < 1.29 is 34.2 Å². The Morgan fingerprint density at radius 1 is 1.16 bits per heavy atom. The molecule has 204 valence electrons. The van der Waals surface area contributed by atoms with Gasteiger partial charge in [0.15, 0.2) is 5.96 Å². The number of carbonyl (C=O) groups is 5. The zero-order valence-corrected chi connectivity index (χ0v) is 20.1. The van der Waals surface area contributed by atoms with Gasteiger partial charge in [0, 0.05) is 31.4 Å². The molecule has 0 aromatic carbocycles. The van der Waals surface area contributed by atoms with Crippen molar-refractivity contribution in [3.05, 3.63) is 18.2 Å². The maximum atomic E-state index is 13.3. The molecule has 2 rings (SSSR count). The van der Waals surface area contributed by atoms with E-state index in [2.05, 4.69) is 25.6 Å². The number of likely N-dealkylation sites (tertiary alicyclic amines) is 1. The average Bonchev–Trinajstić information content (AvgIpc) is 3.52. The second kappa shape index (κ2) is 13.8. The molecule has 0 saturated carbocycles. The summed E-state index contributed by atoms with van der Waals surface area (Å²) in [4.78, 5) is 73.4. The van der Waals surface area contributed by atoms with E-state index in [1.807, 2.05) is 0 Å². The fourth-order valence-electron chi connectivity index (χ4n) is 3.89. The molecular formula is C21H33N9O7. The highest BCUT2D eigenvalue weighted by molar-refractivity contribution is 5.95. The van der Waals surface area contributed by atoms with Crippen molar-refractivity contribution in [3.63, 3.8) is 0 Å². The van der Waals surface area contributed by atoms with Gasteiger partial charge in [-0.05, 0) is 25.7 Å². The Balaban J connectivity index is 2.13. The number of carbonyl (C=O) groups excluding carboxylic acids is 3. The number of amides is 3. The van der Waals surface area contributed by atoms with Gasteiger partial charge in [0.2, 0.25) is 17.7 Å². The van der Waals surface area contributed by atoms with Gasteiger partial charge in [-0.15, -0.1) is 0 Å². The van der Waals surface area contributed by atoms with Gasteiger partial charge in [0.1, 0.15) is 18.1 Å². The van der Waals surface area contributed by atoms with Crippen molar-refractivity contribution in [1.82, 2.24) is 25.5 Å². The highest BCUT2D eigenvalue weighted by Gasteiger charge is 2.38. The number of imidazole rings is 1. The van der Waals surface area contributed by atoms with Crippen molar-refractivity contribution in [2.75, 3.05) is 13.1 Å². The molecule has 1 aromatic heterocycles. The first kappa shape index (κ1) is 29.0. The van der Waals surface area contributed by atoms with E-state index in [1.165, 1.54) is 17.4 Å². The monoisotopic (exact) mass is 523 g/mol. The maximum absolute atomic E-state index is 13.3. The summed E-state index contributed by atoms with van der Waals surface area (Å²) in [7, 11) is 0. The van der Waals surface area contributed by atoms with Gasteiger partial charge in [-0.25, -0.2) is 9.78 Å². The molecule has 16 nitrogen and oxygen atoms in total. The number of carboxylic acids is 2. The smallest absolute Gasteiger partial charge is 0.326 e. The number of nitrogens with zero attached hydrogens (tertiary/aromatic N) is 3. The Hall–Kier alpha value is -4.21. The van der Waals surface area contributed by atoms with Crippen LogP contribution in [0, 0.1) is 0 Å². The zero-order chi connectivity index (χ0) is 27.5. The van der Waals surface area contributed by atoms with Crippen LogP contribution in [0.4, 0.5) is 0 Å². The van der Waals surface area contributed by atoms with Gasteiger partial charge < -0.3 is 47.9 Å². The number of H-pyrrole nitrogens is 1. The number of hydrogen-bond acceptors (Lipinski definition) is 8. The van der Waals surface area contributed by atoms with E-state index < -0.39 is 60.2 Å². The van der Waals surface area contributed by atoms with E-state index in [0.717, 1.165) is 0 Å². The number of nitrogens with two attached hydrogens (primary N) is 3. The summed E-state index contributed by atoms with van der Waals surface area (Å²) >= 11 is 0.